The molecule has 82 valence electrons. The van der Waals surface area contributed by atoms with Gasteiger partial charge in [0.05, 0.1) is 0 Å². The van der Waals surface area contributed by atoms with Gasteiger partial charge in [0.1, 0.15) is 5.65 Å². The molecule has 2 aromatic heterocycles. The van der Waals surface area contributed by atoms with E-state index >= 15 is 0 Å². The van der Waals surface area contributed by atoms with Gasteiger partial charge in [-0.2, -0.15) is 0 Å². The lowest BCUT2D eigenvalue weighted by molar-refractivity contribution is 0.0694. The number of nitrogens with zero attached hydrogens (tertiary/aromatic N) is 2. The Hall–Kier alpha value is -1.88. The van der Waals surface area contributed by atoms with Crippen LogP contribution in [0, 0.1) is 6.92 Å². The third kappa shape index (κ3) is 1.45. The van der Waals surface area contributed by atoms with Gasteiger partial charge in [-0.3, -0.25) is 9.20 Å². The molecule has 0 amide bonds. The van der Waals surface area contributed by atoms with E-state index < -0.39 is 17.1 Å². The van der Waals surface area contributed by atoms with Gasteiger partial charge < -0.3 is 5.11 Å². The van der Waals surface area contributed by atoms with Gasteiger partial charge >= 0.3 is 5.97 Å². The van der Waals surface area contributed by atoms with E-state index in [1.165, 1.54) is 10.6 Å². The Labute approximate surface area is 94.9 Å². The average Bonchev–Trinajstić information content (AvgIpc) is 2.19. The maximum atomic E-state index is 11.8. The van der Waals surface area contributed by atoms with Crippen LogP contribution in [-0.2, 0) is 0 Å². The third-order valence-electron chi connectivity index (χ3n) is 2.22. The van der Waals surface area contributed by atoms with Gasteiger partial charge in [0.25, 0.3) is 5.56 Å². The molecule has 0 saturated carbocycles. The Morgan fingerprint density at radius 3 is 2.88 bits per heavy atom. The average molecular weight is 239 g/mol. The highest BCUT2D eigenvalue weighted by atomic mass is 35.5. The minimum Gasteiger partial charge on any atom is -0.477 e. The number of aromatic nitrogens is 2. The maximum Gasteiger partial charge on any atom is 0.344 e. The van der Waals surface area contributed by atoms with E-state index in [0.717, 1.165) is 5.56 Å². The number of hydrogen-bond donors (Lipinski definition) is 1. The monoisotopic (exact) mass is 238 g/mol. The molecule has 2 heterocycles. The minimum atomic E-state index is -1.38. The molecule has 0 radical (unpaired) electrons. The zero-order chi connectivity index (χ0) is 11.9. The van der Waals surface area contributed by atoms with Crippen LogP contribution >= 0.6 is 11.6 Å². The fourth-order valence-corrected chi connectivity index (χ4v) is 1.69. The molecule has 0 fully saturated rings. The van der Waals surface area contributed by atoms with E-state index in [0.29, 0.717) is 5.65 Å². The van der Waals surface area contributed by atoms with Crippen molar-refractivity contribution in [3.8, 4) is 0 Å². The van der Waals surface area contributed by atoms with Crippen LogP contribution in [0.2, 0.25) is 5.15 Å². The number of aryl methyl sites for hydroxylation is 1. The SMILES string of the molecule is Cc1cccn2c(=O)c(C(=O)O)c(Cl)nc12. The van der Waals surface area contributed by atoms with Crippen LogP contribution in [-0.4, -0.2) is 20.5 Å². The Morgan fingerprint density at radius 2 is 2.25 bits per heavy atom. The van der Waals surface area contributed by atoms with Crippen LogP contribution in [0.15, 0.2) is 23.1 Å². The van der Waals surface area contributed by atoms with Gasteiger partial charge in [0.15, 0.2) is 10.7 Å². The minimum absolute atomic E-state index is 0.285. The molecule has 2 aromatic rings. The summed E-state index contributed by atoms with van der Waals surface area (Å²) in [6, 6.07) is 3.41. The molecule has 5 nitrogen and oxygen atoms in total. The van der Waals surface area contributed by atoms with Crippen molar-refractivity contribution < 1.29 is 9.90 Å². The van der Waals surface area contributed by atoms with Crippen LogP contribution in [0.5, 0.6) is 0 Å². The molecular weight excluding hydrogens is 232 g/mol. The van der Waals surface area contributed by atoms with Gasteiger partial charge in [0.2, 0.25) is 0 Å². The first-order chi connectivity index (χ1) is 7.52. The first-order valence-corrected chi connectivity index (χ1v) is 4.81. The smallest absolute Gasteiger partial charge is 0.344 e. The fraction of sp³-hybridized carbons (Fsp3) is 0.100. The molecule has 0 unspecified atom stereocenters. The van der Waals surface area contributed by atoms with E-state index in [1.54, 1.807) is 19.1 Å². The van der Waals surface area contributed by atoms with Crippen LogP contribution in [0.25, 0.3) is 5.65 Å². The van der Waals surface area contributed by atoms with Crippen molar-refractivity contribution in [3.05, 3.63) is 45.0 Å². The van der Waals surface area contributed by atoms with Gasteiger partial charge in [-0.15, -0.1) is 0 Å². The van der Waals surface area contributed by atoms with Crippen molar-refractivity contribution in [2.75, 3.05) is 0 Å². The Balaban J connectivity index is 3.01. The molecule has 0 aromatic carbocycles. The van der Waals surface area contributed by atoms with Crippen molar-refractivity contribution in [1.82, 2.24) is 9.38 Å². The van der Waals surface area contributed by atoms with E-state index in [9.17, 15) is 9.59 Å². The number of pyridine rings is 1. The normalized spacial score (nSPS) is 10.6. The second kappa shape index (κ2) is 3.61. The highest BCUT2D eigenvalue weighted by molar-refractivity contribution is 6.32. The van der Waals surface area contributed by atoms with Crippen molar-refractivity contribution in [1.29, 1.82) is 0 Å². The second-order valence-electron chi connectivity index (χ2n) is 3.27. The maximum absolute atomic E-state index is 11.8. The summed E-state index contributed by atoms with van der Waals surface area (Å²) in [5.74, 6) is -1.38. The van der Waals surface area contributed by atoms with Crippen molar-refractivity contribution >= 4 is 23.2 Å². The lowest BCUT2D eigenvalue weighted by Crippen LogP contribution is -2.24. The molecule has 0 atom stereocenters. The number of halogens is 1. The molecule has 0 aliphatic rings. The first-order valence-electron chi connectivity index (χ1n) is 4.43. The lowest BCUT2D eigenvalue weighted by Gasteiger charge is -2.05. The third-order valence-corrected chi connectivity index (χ3v) is 2.49. The number of aromatic carboxylic acids is 1. The highest BCUT2D eigenvalue weighted by Crippen LogP contribution is 2.12. The van der Waals surface area contributed by atoms with E-state index in [-0.39, 0.29) is 5.15 Å². The Kier molecular flexibility index (Phi) is 2.40. The standard InChI is InChI=1S/C10H7ClN2O3/c1-5-3-2-4-13-8(5)12-7(11)6(9(13)14)10(15)16/h2-4H,1H3,(H,15,16). The van der Waals surface area contributed by atoms with Crippen LogP contribution < -0.4 is 5.56 Å². The molecule has 6 heteroatoms. The first kappa shape index (κ1) is 10.6. The zero-order valence-corrected chi connectivity index (χ0v) is 9.02. The lowest BCUT2D eigenvalue weighted by atomic mass is 10.2. The summed E-state index contributed by atoms with van der Waals surface area (Å²) in [6.07, 6.45) is 1.46. The summed E-state index contributed by atoms with van der Waals surface area (Å²) in [5, 5.41) is 8.55. The molecular formula is C10H7ClN2O3. The molecule has 16 heavy (non-hydrogen) atoms. The largest absolute Gasteiger partial charge is 0.477 e. The summed E-state index contributed by atoms with van der Waals surface area (Å²) in [4.78, 5) is 26.5. The molecule has 2 rings (SSSR count). The summed E-state index contributed by atoms with van der Waals surface area (Å²) < 4.78 is 1.17. The van der Waals surface area contributed by atoms with Crippen LogP contribution in [0.1, 0.15) is 15.9 Å². The summed E-state index contributed by atoms with van der Waals surface area (Å²) in [7, 11) is 0. The number of fused-ring (bicyclic) bond motifs is 1. The topological polar surface area (TPSA) is 71.7 Å². The Morgan fingerprint density at radius 1 is 1.56 bits per heavy atom. The number of carbonyl (C=O) groups is 1. The van der Waals surface area contributed by atoms with E-state index in [2.05, 4.69) is 4.98 Å². The van der Waals surface area contributed by atoms with Crippen LogP contribution in [0.3, 0.4) is 0 Å². The second-order valence-corrected chi connectivity index (χ2v) is 3.63. The Bertz CT molecular complexity index is 648. The molecule has 0 aliphatic carbocycles. The van der Waals surface area contributed by atoms with E-state index in [4.69, 9.17) is 16.7 Å². The molecule has 0 saturated heterocycles. The zero-order valence-electron chi connectivity index (χ0n) is 8.27. The number of hydrogen-bond acceptors (Lipinski definition) is 3. The quantitative estimate of drug-likeness (QED) is 0.762. The van der Waals surface area contributed by atoms with Gasteiger partial charge in [-0.05, 0) is 18.6 Å². The summed E-state index contributed by atoms with van der Waals surface area (Å²) in [6.45, 7) is 1.76. The molecule has 0 bridgehead atoms. The van der Waals surface area contributed by atoms with Crippen molar-refractivity contribution in [3.63, 3.8) is 0 Å². The summed E-state index contributed by atoms with van der Waals surface area (Å²) >= 11 is 5.67. The number of carboxylic acids is 1. The molecule has 1 N–H and O–H groups in total. The number of carboxylic acid groups (broad SMARTS) is 1. The predicted octanol–water partition coefficient (Wildman–Crippen LogP) is 1.35. The molecule has 0 spiro atoms. The van der Waals surface area contributed by atoms with Crippen molar-refractivity contribution in [2.24, 2.45) is 0 Å². The number of rotatable bonds is 1. The van der Waals surface area contributed by atoms with Gasteiger partial charge in [-0.25, -0.2) is 9.78 Å². The van der Waals surface area contributed by atoms with Gasteiger partial charge in [0, 0.05) is 6.20 Å². The highest BCUT2D eigenvalue weighted by Gasteiger charge is 2.18. The fourth-order valence-electron chi connectivity index (χ4n) is 1.45. The van der Waals surface area contributed by atoms with Gasteiger partial charge in [-0.1, -0.05) is 17.7 Å². The molecule has 0 aliphatic heterocycles. The van der Waals surface area contributed by atoms with E-state index in [1.807, 2.05) is 0 Å². The predicted molar refractivity (Wildman–Crippen MR) is 58.2 cm³/mol. The van der Waals surface area contributed by atoms with Crippen molar-refractivity contribution in [2.45, 2.75) is 6.92 Å². The summed E-state index contributed by atoms with van der Waals surface area (Å²) in [5.41, 5.74) is -0.0723. The van der Waals surface area contributed by atoms with Crippen LogP contribution in [0.4, 0.5) is 0 Å².